The van der Waals surface area contributed by atoms with Crippen molar-refractivity contribution in [3.63, 3.8) is 0 Å². The maximum absolute atomic E-state index is 14.8. The van der Waals surface area contributed by atoms with Crippen LogP contribution in [0.2, 0.25) is 0 Å². The summed E-state index contributed by atoms with van der Waals surface area (Å²) in [6.07, 6.45) is 8.35. The molecule has 0 aliphatic carbocycles. The molecule has 250 valence electrons. The zero-order valence-corrected chi connectivity index (χ0v) is 27.6. The summed E-state index contributed by atoms with van der Waals surface area (Å²) in [6.45, 7) is 9.91. The van der Waals surface area contributed by atoms with Gasteiger partial charge in [-0.25, -0.2) is 0 Å². The lowest BCUT2D eigenvalue weighted by molar-refractivity contribution is -0.162. The second kappa shape index (κ2) is 14.1. The maximum atomic E-state index is 14.8. The fourth-order valence-electron chi connectivity index (χ4n) is 7.85. The van der Waals surface area contributed by atoms with Gasteiger partial charge >= 0.3 is 5.97 Å². The predicted molar refractivity (Wildman–Crippen MR) is 172 cm³/mol. The van der Waals surface area contributed by atoms with Crippen molar-refractivity contribution in [2.75, 3.05) is 13.2 Å². The van der Waals surface area contributed by atoms with Gasteiger partial charge in [0.1, 0.15) is 23.7 Å². The van der Waals surface area contributed by atoms with E-state index in [1.165, 1.54) is 4.90 Å². The number of ether oxygens (including phenoxy) is 2. The third-order valence-electron chi connectivity index (χ3n) is 9.90. The molecule has 3 amide bonds. The number of rotatable bonds is 8. The highest BCUT2D eigenvalue weighted by Crippen LogP contribution is 2.54. The number of nitrogens with one attached hydrogen (secondary N) is 1. The van der Waals surface area contributed by atoms with E-state index >= 15 is 0 Å². The number of esters is 1. The average molecular weight is 636 g/mol. The number of cyclic esters (lactones) is 1. The van der Waals surface area contributed by atoms with Crippen molar-refractivity contribution < 1.29 is 33.8 Å². The summed E-state index contributed by atoms with van der Waals surface area (Å²) in [7, 11) is 0. The number of hydrogen-bond donors (Lipinski definition) is 2. The number of likely N-dealkylation sites (tertiary alicyclic amines) is 1. The van der Waals surface area contributed by atoms with Gasteiger partial charge in [0.05, 0.1) is 30.7 Å². The minimum Gasteiger partial charge on any atom is -0.455 e. The first-order valence-corrected chi connectivity index (χ1v) is 16.8. The third-order valence-corrected chi connectivity index (χ3v) is 9.90. The smallest absolute Gasteiger partial charge is 0.313 e. The van der Waals surface area contributed by atoms with Crippen molar-refractivity contribution in [2.24, 2.45) is 17.8 Å². The van der Waals surface area contributed by atoms with Crippen molar-refractivity contribution >= 4 is 23.7 Å². The lowest BCUT2D eigenvalue weighted by atomic mass is 9.77. The first-order valence-electron chi connectivity index (χ1n) is 16.8. The molecular weight excluding hydrogens is 586 g/mol. The van der Waals surface area contributed by atoms with Gasteiger partial charge in [0.2, 0.25) is 17.7 Å². The molecule has 1 unspecified atom stereocenters. The van der Waals surface area contributed by atoms with E-state index in [0.717, 1.165) is 12.8 Å². The average Bonchev–Trinajstić information content (AvgIpc) is 3.41. The SMILES string of the molecule is CCCC(C)N1CC=C[C@]23O[C@@H]4/C=C\CCC(=O)N[C@H](C)[C@@H](c5ccccc5)OC(=O)[C@@H]4[C@H]2C(=O)N([C@@H](CO)CC(C)C)[C@@H]3C1=O. The van der Waals surface area contributed by atoms with Crippen molar-refractivity contribution in [2.45, 2.75) is 109 Å². The first-order chi connectivity index (χ1) is 22.0. The Kier molecular flexibility index (Phi) is 10.4. The van der Waals surface area contributed by atoms with Crippen molar-refractivity contribution in [3.8, 4) is 0 Å². The summed E-state index contributed by atoms with van der Waals surface area (Å²) < 4.78 is 13.1. The van der Waals surface area contributed by atoms with E-state index in [2.05, 4.69) is 12.2 Å². The van der Waals surface area contributed by atoms with E-state index in [-0.39, 0.29) is 36.8 Å². The molecule has 0 aromatic heterocycles. The highest BCUT2D eigenvalue weighted by Gasteiger charge is 2.72. The number of hydrogen-bond acceptors (Lipinski definition) is 7. The number of benzene rings is 1. The summed E-state index contributed by atoms with van der Waals surface area (Å²) in [5.41, 5.74) is -0.735. The minimum absolute atomic E-state index is 0.0800. The van der Waals surface area contributed by atoms with E-state index in [9.17, 15) is 24.3 Å². The largest absolute Gasteiger partial charge is 0.455 e. The number of fused-ring (bicyclic) bond motifs is 2. The molecule has 2 saturated heterocycles. The Hall–Kier alpha value is -3.50. The van der Waals surface area contributed by atoms with Gasteiger partial charge in [0.15, 0.2) is 0 Å². The van der Waals surface area contributed by atoms with Crippen LogP contribution in [0.15, 0.2) is 54.6 Å². The van der Waals surface area contributed by atoms with Crippen LogP contribution < -0.4 is 5.32 Å². The van der Waals surface area contributed by atoms with E-state index in [4.69, 9.17) is 9.47 Å². The van der Waals surface area contributed by atoms with Gasteiger partial charge in [-0.05, 0) is 44.6 Å². The number of aliphatic hydroxyl groups excluding tert-OH is 1. The molecule has 10 nitrogen and oxygen atoms in total. The second-order valence-electron chi connectivity index (χ2n) is 13.7. The third kappa shape index (κ3) is 6.26. The standard InChI is InChI=1S/C36H49N3O7/c1-6-13-23(4)38-19-12-18-36-30(33(42)39(32(36)34(38)43)26(21-40)20-22(2)3)29-27(46-36)16-10-11-17-28(41)37-24(5)31(45-35(29)44)25-14-8-7-9-15-25/h7-10,12,14-16,18,22-24,26-27,29-32,40H,6,11,13,17,19-21H2,1-5H3,(H,37,41)/b16-10-/t23?,24-,26-,27-,29+,30+,31+,32-,36+/m1/s1. The minimum atomic E-state index is -1.44. The van der Waals surface area contributed by atoms with Crippen molar-refractivity contribution in [3.05, 3.63) is 60.2 Å². The quantitative estimate of drug-likeness (QED) is 0.330. The Balaban J connectivity index is 1.63. The number of allylic oxidation sites excluding steroid dienone is 1. The van der Waals surface area contributed by atoms with Crippen LogP contribution in [0, 0.1) is 17.8 Å². The Labute approximate surface area is 272 Å². The van der Waals surface area contributed by atoms with Crippen LogP contribution in [0.5, 0.6) is 0 Å². The molecule has 46 heavy (non-hydrogen) atoms. The van der Waals surface area contributed by atoms with Gasteiger partial charge in [0, 0.05) is 19.0 Å². The van der Waals surface area contributed by atoms with E-state index in [1.807, 2.05) is 63.3 Å². The zero-order valence-electron chi connectivity index (χ0n) is 27.6. The van der Waals surface area contributed by atoms with Crippen LogP contribution in [-0.2, 0) is 28.7 Å². The molecule has 4 aliphatic rings. The zero-order chi connectivity index (χ0) is 33.2. The summed E-state index contributed by atoms with van der Waals surface area (Å²) in [4.78, 5) is 59.9. The van der Waals surface area contributed by atoms with Crippen LogP contribution in [-0.4, -0.2) is 87.6 Å². The highest BCUT2D eigenvalue weighted by atomic mass is 16.6. The number of carbonyl (C=O) groups is 4. The first kappa shape index (κ1) is 33.9. The summed E-state index contributed by atoms with van der Waals surface area (Å²) >= 11 is 0. The van der Waals surface area contributed by atoms with Crippen molar-refractivity contribution in [1.29, 1.82) is 0 Å². The van der Waals surface area contributed by atoms with Gasteiger partial charge in [-0.3, -0.25) is 19.2 Å². The van der Waals surface area contributed by atoms with Gasteiger partial charge in [-0.1, -0.05) is 81.8 Å². The van der Waals surface area contributed by atoms with Crippen LogP contribution in [0.25, 0.3) is 0 Å². The Morgan fingerprint density at radius 1 is 1.07 bits per heavy atom. The number of carbonyl (C=O) groups excluding carboxylic acids is 4. The molecule has 0 bridgehead atoms. The van der Waals surface area contributed by atoms with Crippen LogP contribution in [0.4, 0.5) is 0 Å². The van der Waals surface area contributed by atoms with Gasteiger partial charge in [-0.2, -0.15) is 0 Å². The fourth-order valence-corrected chi connectivity index (χ4v) is 7.85. The van der Waals surface area contributed by atoms with Gasteiger partial charge in [-0.15, -0.1) is 0 Å². The van der Waals surface area contributed by atoms with Gasteiger partial charge in [0.25, 0.3) is 0 Å². The lowest BCUT2D eigenvalue weighted by Gasteiger charge is -2.40. The molecule has 0 radical (unpaired) electrons. The predicted octanol–water partition coefficient (Wildman–Crippen LogP) is 3.70. The molecule has 10 heteroatoms. The van der Waals surface area contributed by atoms with Gasteiger partial charge < -0.3 is 29.7 Å². The Morgan fingerprint density at radius 3 is 2.48 bits per heavy atom. The molecular formula is C36H49N3O7. The van der Waals surface area contributed by atoms with Crippen LogP contribution in [0.3, 0.4) is 0 Å². The molecule has 2 fully saturated rings. The highest BCUT2D eigenvalue weighted by molar-refractivity contribution is 5.99. The second-order valence-corrected chi connectivity index (χ2v) is 13.7. The number of amides is 3. The molecule has 1 spiro atoms. The molecule has 4 aliphatic heterocycles. The van der Waals surface area contributed by atoms with E-state index in [1.54, 1.807) is 24.0 Å². The topological polar surface area (TPSA) is 125 Å². The molecule has 2 N–H and O–H groups in total. The van der Waals surface area contributed by atoms with Crippen LogP contribution >= 0.6 is 0 Å². The summed E-state index contributed by atoms with van der Waals surface area (Å²) in [6, 6.07) is 6.90. The van der Waals surface area contributed by atoms with Crippen LogP contribution in [0.1, 0.15) is 78.4 Å². The summed E-state index contributed by atoms with van der Waals surface area (Å²) in [5, 5.41) is 13.6. The molecule has 4 heterocycles. The Morgan fingerprint density at radius 2 is 1.80 bits per heavy atom. The maximum Gasteiger partial charge on any atom is 0.313 e. The summed E-state index contributed by atoms with van der Waals surface area (Å²) in [5.74, 6) is -3.41. The molecule has 1 aromatic rings. The Bertz CT molecular complexity index is 1350. The number of aliphatic hydroxyl groups is 1. The monoisotopic (exact) mass is 635 g/mol. The lowest BCUT2D eigenvalue weighted by Crippen LogP contribution is -2.59. The number of nitrogens with zero attached hydrogens (tertiary/aromatic N) is 2. The molecule has 9 atom stereocenters. The fraction of sp³-hybridized carbons (Fsp3) is 0.611. The normalized spacial score (nSPS) is 33.6. The van der Waals surface area contributed by atoms with E-state index < -0.39 is 59.6 Å². The molecule has 0 saturated carbocycles. The van der Waals surface area contributed by atoms with Crippen molar-refractivity contribution in [1.82, 2.24) is 15.1 Å². The molecule has 1 aromatic carbocycles. The molecule has 5 rings (SSSR count). The van der Waals surface area contributed by atoms with E-state index in [0.29, 0.717) is 24.9 Å².